The van der Waals surface area contributed by atoms with Crippen LogP contribution in [0.1, 0.15) is 47.6 Å². The molecule has 22 heavy (non-hydrogen) atoms. The molecule has 4 rings (SSSR count). The van der Waals surface area contributed by atoms with Crippen LogP contribution < -0.4 is 5.32 Å². The highest BCUT2D eigenvalue weighted by molar-refractivity contribution is 7.78. The molecule has 1 unspecified atom stereocenters. The molecule has 0 aromatic heterocycles. The van der Waals surface area contributed by atoms with Gasteiger partial charge in [-0.2, -0.15) is 0 Å². The predicted molar refractivity (Wildman–Crippen MR) is 92.5 cm³/mol. The van der Waals surface area contributed by atoms with E-state index in [1.807, 2.05) is 0 Å². The third kappa shape index (κ3) is 1.83. The Morgan fingerprint density at radius 1 is 1.09 bits per heavy atom. The summed E-state index contributed by atoms with van der Waals surface area (Å²) in [4.78, 5) is 4.13. The lowest BCUT2D eigenvalue weighted by Gasteiger charge is -2.39. The first-order chi connectivity index (χ1) is 10.8. The molecule has 2 aromatic rings. The van der Waals surface area contributed by atoms with Gasteiger partial charge >= 0.3 is 0 Å². The van der Waals surface area contributed by atoms with Crippen LogP contribution in [-0.2, 0) is 5.54 Å². The lowest BCUT2D eigenvalue weighted by Crippen LogP contribution is -2.43. The molecule has 2 bridgehead atoms. The van der Waals surface area contributed by atoms with Gasteiger partial charge in [-0.3, -0.25) is 5.32 Å². The average Bonchev–Trinajstić information content (AvgIpc) is 2.83. The second kappa shape index (κ2) is 5.13. The molecule has 3 heteroatoms. The van der Waals surface area contributed by atoms with Crippen molar-refractivity contribution in [1.29, 1.82) is 0 Å². The summed E-state index contributed by atoms with van der Waals surface area (Å²) in [5.41, 5.74) is 5.60. The number of isothiocyanates is 1. The van der Waals surface area contributed by atoms with Crippen molar-refractivity contribution in [3.05, 3.63) is 70.8 Å². The van der Waals surface area contributed by atoms with E-state index in [9.17, 15) is 0 Å². The topological polar surface area (TPSA) is 24.4 Å². The molecule has 2 aromatic carbocycles. The van der Waals surface area contributed by atoms with Crippen LogP contribution in [0.4, 0.5) is 0 Å². The second-order valence-electron chi connectivity index (χ2n) is 6.29. The summed E-state index contributed by atoms with van der Waals surface area (Å²) in [6, 6.07) is 18.0. The summed E-state index contributed by atoms with van der Waals surface area (Å²) < 4.78 is 0. The van der Waals surface area contributed by atoms with Crippen LogP contribution in [0.3, 0.4) is 0 Å². The Morgan fingerprint density at radius 2 is 1.73 bits per heavy atom. The normalized spacial score (nSPS) is 27.7. The number of rotatable bonds is 3. The number of benzene rings is 2. The van der Waals surface area contributed by atoms with E-state index < -0.39 is 0 Å². The number of nitrogens with one attached hydrogen (secondary N) is 1. The van der Waals surface area contributed by atoms with Crippen molar-refractivity contribution in [3.8, 4) is 0 Å². The van der Waals surface area contributed by atoms with Gasteiger partial charge < -0.3 is 0 Å². The smallest absolute Gasteiger partial charge is 0.0672 e. The zero-order valence-electron chi connectivity index (χ0n) is 12.5. The van der Waals surface area contributed by atoms with E-state index in [1.54, 1.807) is 0 Å². The molecule has 2 aliphatic rings. The average molecular weight is 306 g/mol. The van der Waals surface area contributed by atoms with Gasteiger partial charge in [0.15, 0.2) is 0 Å². The largest absolute Gasteiger partial charge is 0.296 e. The first-order valence-corrected chi connectivity index (χ1v) is 8.16. The fraction of sp³-hybridized carbons (Fsp3) is 0.316. The van der Waals surface area contributed by atoms with E-state index in [1.165, 1.54) is 22.3 Å². The molecular weight excluding hydrogens is 288 g/mol. The van der Waals surface area contributed by atoms with Gasteiger partial charge in [-0.1, -0.05) is 48.5 Å². The Balaban J connectivity index is 1.89. The maximum absolute atomic E-state index is 4.71. The molecule has 0 aliphatic carbocycles. The predicted octanol–water partition coefficient (Wildman–Crippen LogP) is 4.18. The minimum Gasteiger partial charge on any atom is -0.296 e. The minimum atomic E-state index is -0.0816. The molecule has 0 saturated carbocycles. The third-order valence-electron chi connectivity index (χ3n) is 5.20. The van der Waals surface area contributed by atoms with Crippen molar-refractivity contribution >= 4 is 17.4 Å². The van der Waals surface area contributed by atoms with Crippen molar-refractivity contribution in [1.82, 2.24) is 5.32 Å². The van der Waals surface area contributed by atoms with Gasteiger partial charge in [0.1, 0.15) is 0 Å². The summed E-state index contributed by atoms with van der Waals surface area (Å²) in [5.74, 6) is 0.431. The minimum absolute atomic E-state index is 0.0816. The molecule has 2 heterocycles. The first kappa shape index (κ1) is 13.8. The van der Waals surface area contributed by atoms with Crippen LogP contribution >= 0.6 is 12.2 Å². The van der Waals surface area contributed by atoms with Gasteiger partial charge in [0, 0.05) is 18.5 Å². The van der Waals surface area contributed by atoms with Crippen molar-refractivity contribution in [2.45, 2.75) is 30.8 Å². The van der Waals surface area contributed by atoms with Gasteiger partial charge in [0.2, 0.25) is 0 Å². The number of nitrogens with zero attached hydrogens (tertiary/aromatic N) is 1. The fourth-order valence-corrected chi connectivity index (χ4v) is 4.35. The van der Waals surface area contributed by atoms with E-state index in [2.05, 4.69) is 70.9 Å². The molecule has 0 radical (unpaired) electrons. The molecule has 2 aliphatic heterocycles. The standard InChI is InChI=1S/C19H18N2S/c1-19-16-8-4-2-6-13(16)14(10-11-20-12-22)18(21-19)15-7-3-5-9-17(15)19/h2-9,14,18,21H,10-11H2,1H3/t14?,18-,19+/m1/s1. The van der Waals surface area contributed by atoms with Crippen molar-refractivity contribution in [3.63, 3.8) is 0 Å². The summed E-state index contributed by atoms with van der Waals surface area (Å²) >= 11 is 4.71. The SMILES string of the molecule is C[C@@]12N[C@@H](c3ccccc31)C(CCN=C=S)c1ccccc12. The van der Waals surface area contributed by atoms with Crippen LogP contribution in [-0.4, -0.2) is 11.7 Å². The van der Waals surface area contributed by atoms with E-state index >= 15 is 0 Å². The number of hydrogen-bond donors (Lipinski definition) is 1. The van der Waals surface area contributed by atoms with Gasteiger partial charge in [-0.25, -0.2) is 4.99 Å². The molecule has 3 atom stereocenters. The van der Waals surface area contributed by atoms with Crippen molar-refractivity contribution in [2.24, 2.45) is 4.99 Å². The molecule has 0 saturated heterocycles. The fourth-order valence-electron chi connectivity index (χ4n) is 4.26. The maximum Gasteiger partial charge on any atom is 0.0672 e. The van der Waals surface area contributed by atoms with E-state index in [0.29, 0.717) is 12.0 Å². The maximum atomic E-state index is 4.71. The third-order valence-corrected chi connectivity index (χ3v) is 5.33. The molecule has 110 valence electrons. The van der Waals surface area contributed by atoms with Crippen LogP contribution in [0, 0.1) is 0 Å². The van der Waals surface area contributed by atoms with Crippen LogP contribution in [0.2, 0.25) is 0 Å². The Hall–Kier alpha value is -1.80. The van der Waals surface area contributed by atoms with Crippen molar-refractivity contribution in [2.75, 3.05) is 6.54 Å². The quantitative estimate of drug-likeness (QED) is 0.679. The molecule has 2 nitrogen and oxygen atoms in total. The summed E-state index contributed by atoms with van der Waals surface area (Å²) in [6.45, 7) is 3.04. The number of hydrogen-bond acceptors (Lipinski definition) is 3. The zero-order valence-corrected chi connectivity index (χ0v) is 13.4. The first-order valence-electron chi connectivity index (χ1n) is 7.76. The Kier molecular flexibility index (Phi) is 3.23. The lowest BCUT2D eigenvalue weighted by atomic mass is 9.77. The second-order valence-corrected chi connectivity index (χ2v) is 6.47. The Bertz CT molecular complexity index is 779. The van der Waals surface area contributed by atoms with Crippen molar-refractivity contribution < 1.29 is 0 Å². The zero-order chi connectivity index (χ0) is 15.2. The molecule has 1 N–H and O–H groups in total. The monoisotopic (exact) mass is 306 g/mol. The lowest BCUT2D eigenvalue weighted by molar-refractivity contribution is 0.334. The highest BCUT2D eigenvalue weighted by Crippen LogP contribution is 2.54. The number of fused-ring (bicyclic) bond motifs is 7. The van der Waals surface area contributed by atoms with Gasteiger partial charge in [-0.15, -0.1) is 0 Å². The summed E-state index contributed by atoms with van der Waals surface area (Å²) in [5, 5.41) is 6.37. The van der Waals surface area contributed by atoms with E-state index in [4.69, 9.17) is 12.2 Å². The Morgan fingerprint density at radius 3 is 2.45 bits per heavy atom. The van der Waals surface area contributed by atoms with E-state index in [0.717, 1.165) is 13.0 Å². The molecule has 0 spiro atoms. The van der Waals surface area contributed by atoms with Crippen LogP contribution in [0.25, 0.3) is 0 Å². The van der Waals surface area contributed by atoms with Gasteiger partial charge in [0.05, 0.1) is 10.7 Å². The summed E-state index contributed by atoms with van der Waals surface area (Å²) in [6.07, 6.45) is 0.989. The molecule has 0 amide bonds. The Labute approximate surface area is 136 Å². The van der Waals surface area contributed by atoms with Crippen LogP contribution in [0.15, 0.2) is 53.5 Å². The number of aliphatic imine (C=N–C) groups is 1. The van der Waals surface area contributed by atoms with Gasteiger partial charge in [-0.05, 0) is 47.8 Å². The number of thiocarbonyl (C=S) groups is 1. The molecule has 0 fully saturated rings. The highest BCUT2D eigenvalue weighted by Gasteiger charge is 2.49. The van der Waals surface area contributed by atoms with Gasteiger partial charge in [0.25, 0.3) is 0 Å². The van der Waals surface area contributed by atoms with E-state index in [-0.39, 0.29) is 5.54 Å². The summed E-state index contributed by atoms with van der Waals surface area (Å²) in [7, 11) is 0. The highest BCUT2D eigenvalue weighted by atomic mass is 32.1. The van der Waals surface area contributed by atoms with Crippen LogP contribution in [0.5, 0.6) is 0 Å². The molecular formula is C19H18N2S.